The molecule has 0 heterocycles. The first-order valence-electron chi connectivity index (χ1n) is 3.96. The molecule has 0 saturated carbocycles. The van der Waals surface area contributed by atoms with Gasteiger partial charge in [-0.15, -0.1) is 0 Å². The summed E-state index contributed by atoms with van der Waals surface area (Å²) in [5, 5.41) is 16.8. The van der Waals surface area contributed by atoms with Crippen molar-refractivity contribution < 1.29 is 15.0 Å². The average Bonchev–Trinajstić information content (AvgIpc) is 2.05. The molecule has 0 fully saturated rings. The zero-order chi connectivity index (χ0) is 9.40. The molecule has 0 amide bonds. The van der Waals surface area contributed by atoms with Crippen LogP contribution in [0.2, 0.25) is 0 Å². The third-order valence-corrected chi connectivity index (χ3v) is 1.44. The molecule has 0 aromatic heterocycles. The second-order valence-corrected chi connectivity index (χ2v) is 2.36. The van der Waals surface area contributed by atoms with Crippen LogP contribution in [0.5, 0.6) is 0 Å². The molecule has 0 bridgehead atoms. The van der Waals surface area contributed by atoms with E-state index in [0.29, 0.717) is 13.0 Å². The maximum Gasteiger partial charge on any atom is 0.329 e. The molecule has 2 N–H and O–H groups in total. The van der Waals surface area contributed by atoms with Crippen molar-refractivity contribution in [3.8, 4) is 0 Å². The van der Waals surface area contributed by atoms with E-state index in [4.69, 9.17) is 10.2 Å². The van der Waals surface area contributed by atoms with Crippen LogP contribution >= 0.6 is 0 Å². The zero-order valence-corrected chi connectivity index (χ0v) is 7.23. The highest BCUT2D eigenvalue weighted by atomic mass is 16.4. The molecule has 0 spiro atoms. The molecule has 0 aliphatic carbocycles. The van der Waals surface area contributed by atoms with Gasteiger partial charge in [-0.1, -0.05) is 0 Å². The Kier molecular flexibility index (Phi) is 6.09. The summed E-state index contributed by atoms with van der Waals surface area (Å²) in [5.41, 5.74) is 0. The van der Waals surface area contributed by atoms with Crippen LogP contribution in [-0.4, -0.2) is 40.8 Å². The van der Waals surface area contributed by atoms with E-state index in [1.165, 1.54) is 6.20 Å². The molecule has 0 aromatic rings. The van der Waals surface area contributed by atoms with Crippen LogP contribution in [-0.2, 0) is 4.79 Å². The zero-order valence-electron chi connectivity index (χ0n) is 7.23. The van der Waals surface area contributed by atoms with Gasteiger partial charge in [0.25, 0.3) is 0 Å². The summed E-state index contributed by atoms with van der Waals surface area (Å²) in [5.74, 6) is -0.947. The number of carboxylic acid groups (broad SMARTS) is 1. The Labute approximate surface area is 72.1 Å². The van der Waals surface area contributed by atoms with E-state index >= 15 is 0 Å². The monoisotopic (exact) mass is 173 g/mol. The summed E-state index contributed by atoms with van der Waals surface area (Å²) >= 11 is 0. The van der Waals surface area contributed by atoms with Gasteiger partial charge < -0.3 is 15.1 Å². The minimum absolute atomic E-state index is 0.136. The fourth-order valence-electron chi connectivity index (χ4n) is 0.781. The predicted octanol–water partition coefficient (Wildman–Crippen LogP) is 0.289. The Balaban J connectivity index is 3.73. The second kappa shape index (κ2) is 6.67. The molecule has 0 radical (unpaired) electrons. The number of hydrogen-bond acceptors (Lipinski definition) is 3. The fourth-order valence-corrected chi connectivity index (χ4v) is 0.781. The van der Waals surface area contributed by atoms with Crippen molar-refractivity contribution in [2.45, 2.75) is 13.3 Å². The SMILES string of the molecule is CCN(/C=C/C(=O)O)CCCO. The molecule has 0 aromatic carbocycles. The number of aliphatic hydroxyl groups is 1. The minimum Gasteiger partial charge on any atom is -0.478 e. The van der Waals surface area contributed by atoms with Gasteiger partial charge in [0.15, 0.2) is 0 Å². The molecule has 0 aliphatic rings. The van der Waals surface area contributed by atoms with E-state index in [1.807, 2.05) is 11.8 Å². The van der Waals surface area contributed by atoms with Gasteiger partial charge in [-0.25, -0.2) is 4.79 Å². The van der Waals surface area contributed by atoms with E-state index in [9.17, 15) is 4.79 Å². The standard InChI is InChI=1S/C8H15NO3/c1-2-9(5-3-7-10)6-4-8(11)12/h4,6,10H,2-3,5,7H2,1H3,(H,11,12)/b6-4+. The lowest BCUT2D eigenvalue weighted by molar-refractivity contribution is -0.131. The Bertz CT molecular complexity index is 156. The summed E-state index contributed by atoms with van der Waals surface area (Å²) in [6.07, 6.45) is 3.29. The Morgan fingerprint density at radius 3 is 2.67 bits per heavy atom. The van der Waals surface area contributed by atoms with Gasteiger partial charge in [0, 0.05) is 32.0 Å². The van der Waals surface area contributed by atoms with Crippen molar-refractivity contribution in [1.29, 1.82) is 0 Å². The van der Waals surface area contributed by atoms with Crippen LogP contribution in [0.3, 0.4) is 0 Å². The molecule has 12 heavy (non-hydrogen) atoms. The number of rotatable bonds is 6. The van der Waals surface area contributed by atoms with Crippen LogP contribution in [0.25, 0.3) is 0 Å². The molecule has 0 rings (SSSR count). The van der Waals surface area contributed by atoms with Crippen LogP contribution in [0.15, 0.2) is 12.3 Å². The fraction of sp³-hybridized carbons (Fsp3) is 0.625. The molecule has 0 unspecified atom stereocenters. The topological polar surface area (TPSA) is 60.8 Å². The lowest BCUT2D eigenvalue weighted by atomic mass is 10.4. The first-order valence-corrected chi connectivity index (χ1v) is 3.96. The first-order chi connectivity index (χ1) is 5.70. The predicted molar refractivity (Wildman–Crippen MR) is 45.7 cm³/mol. The van der Waals surface area contributed by atoms with Gasteiger partial charge in [0.05, 0.1) is 0 Å². The quantitative estimate of drug-likeness (QED) is 0.567. The van der Waals surface area contributed by atoms with E-state index in [-0.39, 0.29) is 6.61 Å². The van der Waals surface area contributed by atoms with E-state index in [2.05, 4.69) is 0 Å². The van der Waals surface area contributed by atoms with Crippen molar-refractivity contribution in [3.05, 3.63) is 12.3 Å². The lowest BCUT2D eigenvalue weighted by Gasteiger charge is -2.16. The summed E-state index contributed by atoms with van der Waals surface area (Å²) < 4.78 is 0. The third-order valence-electron chi connectivity index (χ3n) is 1.44. The first kappa shape index (κ1) is 11.0. The van der Waals surface area contributed by atoms with Crippen molar-refractivity contribution >= 4 is 5.97 Å². The molecular formula is C8H15NO3. The highest BCUT2D eigenvalue weighted by Gasteiger charge is 1.95. The van der Waals surface area contributed by atoms with Gasteiger partial charge in [0.1, 0.15) is 0 Å². The van der Waals surface area contributed by atoms with Crippen LogP contribution in [0.1, 0.15) is 13.3 Å². The molecule has 0 aliphatic heterocycles. The molecule has 70 valence electrons. The highest BCUT2D eigenvalue weighted by molar-refractivity contribution is 5.79. The van der Waals surface area contributed by atoms with Crippen molar-refractivity contribution in [2.75, 3.05) is 19.7 Å². The highest BCUT2D eigenvalue weighted by Crippen LogP contribution is 1.91. The second-order valence-electron chi connectivity index (χ2n) is 2.36. The maximum absolute atomic E-state index is 10.1. The van der Waals surface area contributed by atoms with Crippen molar-refractivity contribution in [3.63, 3.8) is 0 Å². The summed E-state index contributed by atoms with van der Waals surface area (Å²) in [4.78, 5) is 12.0. The minimum atomic E-state index is -0.947. The Hall–Kier alpha value is -1.03. The van der Waals surface area contributed by atoms with Gasteiger partial charge >= 0.3 is 5.97 Å². The van der Waals surface area contributed by atoms with Gasteiger partial charge in [0.2, 0.25) is 0 Å². The molecule has 0 atom stereocenters. The largest absolute Gasteiger partial charge is 0.478 e. The van der Waals surface area contributed by atoms with Crippen molar-refractivity contribution in [1.82, 2.24) is 4.90 Å². The van der Waals surface area contributed by atoms with E-state index < -0.39 is 5.97 Å². The number of hydrogen-bond donors (Lipinski definition) is 2. The number of aliphatic carboxylic acids is 1. The molecule has 4 nitrogen and oxygen atoms in total. The third kappa shape index (κ3) is 5.73. The normalized spacial score (nSPS) is 10.5. The Morgan fingerprint density at radius 1 is 1.58 bits per heavy atom. The van der Waals surface area contributed by atoms with Gasteiger partial charge in [-0.05, 0) is 13.3 Å². The van der Waals surface area contributed by atoms with Crippen LogP contribution in [0.4, 0.5) is 0 Å². The molecule has 4 heteroatoms. The van der Waals surface area contributed by atoms with Gasteiger partial charge in [-0.2, -0.15) is 0 Å². The average molecular weight is 173 g/mol. The van der Waals surface area contributed by atoms with Crippen LogP contribution in [0, 0.1) is 0 Å². The lowest BCUT2D eigenvalue weighted by Crippen LogP contribution is -2.19. The maximum atomic E-state index is 10.1. The number of aliphatic hydroxyl groups excluding tert-OH is 1. The molecule has 0 saturated heterocycles. The Morgan fingerprint density at radius 2 is 2.25 bits per heavy atom. The van der Waals surface area contributed by atoms with Crippen molar-refractivity contribution in [2.24, 2.45) is 0 Å². The summed E-state index contributed by atoms with van der Waals surface area (Å²) in [6, 6.07) is 0. The molecular weight excluding hydrogens is 158 g/mol. The van der Waals surface area contributed by atoms with E-state index in [0.717, 1.165) is 12.6 Å². The van der Waals surface area contributed by atoms with E-state index in [1.54, 1.807) is 0 Å². The summed E-state index contributed by atoms with van der Waals surface area (Å²) in [6.45, 7) is 3.52. The number of carboxylic acids is 1. The van der Waals surface area contributed by atoms with Gasteiger partial charge in [-0.3, -0.25) is 0 Å². The van der Waals surface area contributed by atoms with Crippen LogP contribution < -0.4 is 0 Å². The summed E-state index contributed by atoms with van der Waals surface area (Å²) in [7, 11) is 0. The number of nitrogens with zero attached hydrogens (tertiary/aromatic N) is 1. The smallest absolute Gasteiger partial charge is 0.329 e. The number of carbonyl (C=O) groups is 1.